The minimum absolute atomic E-state index is 0.0450. The van der Waals surface area contributed by atoms with Crippen LogP contribution in [0.4, 0.5) is 0 Å². The molecule has 4 saturated carbocycles. The maximum absolute atomic E-state index is 11.7. The van der Waals surface area contributed by atoms with Crippen molar-refractivity contribution in [3.05, 3.63) is 0 Å². The number of rotatable bonds is 2. The summed E-state index contributed by atoms with van der Waals surface area (Å²) in [7, 11) is 0. The van der Waals surface area contributed by atoms with Crippen molar-refractivity contribution >= 4 is 11.9 Å². The summed E-state index contributed by atoms with van der Waals surface area (Å²) in [5.41, 5.74) is -1.67. The molecule has 0 aromatic carbocycles. The lowest BCUT2D eigenvalue weighted by atomic mass is 9.43. The second kappa shape index (κ2) is 6.94. The summed E-state index contributed by atoms with van der Waals surface area (Å²) >= 11 is 0. The van der Waals surface area contributed by atoms with E-state index in [2.05, 4.69) is 13.8 Å². The molecular formula is C23H36O6. The van der Waals surface area contributed by atoms with E-state index in [1.54, 1.807) is 0 Å². The molecule has 0 aliphatic heterocycles. The molecular weight excluding hydrogens is 372 g/mol. The molecule has 0 unspecified atom stereocenters. The van der Waals surface area contributed by atoms with Gasteiger partial charge in [0.1, 0.15) is 12.2 Å². The van der Waals surface area contributed by atoms with Crippen LogP contribution in [0.1, 0.15) is 79.1 Å². The molecule has 4 aliphatic rings. The fraction of sp³-hybridized carbons (Fsp3) is 0.913. The van der Waals surface area contributed by atoms with Crippen LogP contribution in [0.2, 0.25) is 0 Å². The molecule has 4 rings (SSSR count). The molecule has 0 amide bonds. The summed E-state index contributed by atoms with van der Waals surface area (Å²) in [5.74, 6) is 0.491. The second-order valence-electron chi connectivity index (χ2n) is 10.7. The Balaban J connectivity index is 1.60. The third-order valence-electron chi connectivity index (χ3n) is 9.37. The van der Waals surface area contributed by atoms with Crippen molar-refractivity contribution in [2.75, 3.05) is 0 Å². The van der Waals surface area contributed by atoms with Crippen LogP contribution in [0.5, 0.6) is 0 Å². The highest BCUT2D eigenvalue weighted by Gasteiger charge is 2.68. The number of ether oxygens (including phenoxy) is 2. The van der Waals surface area contributed by atoms with Crippen molar-refractivity contribution in [2.24, 2.45) is 28.6 Å². The number of esters is 2. The van der Waals surface area contributed by atoms with Gasteiger partial charge in [-0.1, -0.05) is 13.8 Å². The number of carbonyl (C=O) groups is 2. The normalized spacial score (nSPS) is 51.4. The molecule has 0 saturated heterocycles. The van der Waals surface area contributed by atoms with E-state index >= 15 is 0 Å². The summed E-state index contributed by atoms with van der Waals surface area (Å²) in [4.78, 5) is 23.0. The first-order chi connectivity index (χ1) is 13.5. The minimum Gasteiger partial charge on any atom is -0.462 e. The van der Waals surface area contributed by atoms with Crippen LogP contribution in [0.15, 0.2) is 0 Å². The third-order valence-corrected chi connectivity index (χ3v) is 9.37. The van der Waals surface area contributed by atoms with Gasteiger partial charge in [0.15, 0.2) is 0 Å². The molecule has 0 aromatic heterocycles. The zero-order chi connectivity index (χ0) is 21.2. The van der Waals surface area contributed by atoms with Crippen molar-refractivity contribution in [3.63, 3.8) is 0 Å². The number of hydrogen-bond acceptors (Lipinski definition) is 6. The Bertz CT molecular complexity index is 693. The Kier molecular flexibility index (Phi) is 5.05. The number of carbonyl (C=O) groups excluding carboxylic acids is 2. The summed E-state index contributed by atoms with van der Waals surface area (Å²) in [6.07, 6.45) is 4.99. The van der Waals surface area contributed by atoms with E-state index < -0.39 is 17.1 Å². The van der Waals surface area contributed by atoms with E-state index in [4.69, 9.17) is 9.47 Å². The molecule has 9 atom stereocenters. The average molecular weight is 409 g/mol. The zero-order valence-corrected chi connectivity index (χ0v) is 18.1. The van der Waals surface area contributed by atoms with Gasteiger partial charge in [0.05, 0.1) is 11.7 Å². The Labute approximate surface area is 173 Å². The van der Waals surface area contributed by atoms with Crippen molar-refractivity contribution in [1.29, 1.82) is 0 Å². The topological polar surface area (TPSA) is 93.1 Å². The molecule has 4 aliphatic carbocycles. The summed E-state index contributed by atoms with van der Waals surface area (Å²) in [5, 5.41) is 22.9. The van der Waals surface area contributed by atoms with E-state index in [-0.39, 0.29) is 29.6 Å². The lowest BCUT2D eigenvalue weighted by Crippen LogP contribution is -2.68. The lowest BCUT2D eigenvalue weighted by molar-refractivity contribution is -0.267. The predicted molar refractivity (Wildman–Crippen MR) is 106 cm³/mol. The van der Waals surface area contributed by atoms with Gasteiger partial charge in [-0.2, -0.15) is 0 Å². The van der Waals surface area contributed by atoms with Gasteiger partial charge in [0, 0.05) is 31.1 Å². The minimum atomic E-state index is -1.23. The van der Waals surface area contributed by atoms with Crippen molar-refractivity contribution in [2.45, 2.75) is 103 Å². The van der Waals surface area contributed by atoms with Gasteiger partial charge >= 0.3 is 11.9 Å². The average Bonchev–Trinajstić information content (AvgIpc) is 2.93. The smallest absolute Gasteiger partial charge is 0.302 e. The zero-order valence-electron chi connectivity index (χ0n) is 18.1. The van der Waals surface area contributed by atoms with E-state index in [0.29, 0.717) is 30.6 Å². The Morgan fingerprint density at radius 3 is 2.28 bits per heavy atom. The van der Waals surface area contributed by atoms with Crippen LogP contribution < -0.4 is 0 Å². The highest BCUT2D eigenvalue weighted by atomic mass is 16.5. The largest absolute Gasteiger partial charge is 0.462 e. The summed E-state index contributed by atoms with van der Waals surface area (Å²) in [6.45, 7) is 7.27. The second-order valence-corrected chi connectivity index (χ2v) is 10.7. The van der Waals surface area contributed by atoms with Crippen LogP contribution in [0, 0.1) is 28.6 Å². The van der Waals surface area contributed by atoms with Gasteiger partial charge in [-0.25, -0.2) is 0 Å². The number of hydrogen-bond donors (Lipinski definition) is 2. The Hall–Kier alpha value is -1.14. The molecule has 4 fully saturated rings. The van der Waals surface area contributed by atoms with Gasteiger partial charge in [-0.3, -0.25) is 9.59 Å². The predicted octanol–water partition coefficient (Wildman–Crippen LogP) is 2.98. The van der Waals surface area contributed by atoms with Crippen LogP contribution in [-0.2, 0) is 19.1 Å². The number of aliphatic hydroxyl groups excluding tert-OH is 1. The van der Waals surface area contributed by atoms with E-state index in [1.807, 2.05) is 0 Å². The van der Waals surface area contributed by atoms with Crippen molar-refractivity contribution < 1.29 is 29.3 Å². The van der Waals surface area contributed by atoms with Crippen LogP contribution >= 0.6 is 0 Å². The van der Waals surface area contributed by atoms with Gasteiger partial charge in [-0.15, -0.1) is 0 Å². The molecule has 0 spiro atoms. The summed E-state index contributed by atoms with van der Waals surface area (Å²) < 4.78 is 11.1. The Morgan fingerprint density at radius 1 is 0.931 bits per heavy atom. The SMILES string of the molecule is CC(=O)O[C@@H]1CC[C@]2(C)[C@@H]3CC[C@@]4(C)[C@H](CC[C@H]4OC(C)=O)[C@H]3C[C@H](O)[C@@]2(O)C1. The van der Waals surface area contributed by atoms with Gasteiger partial charge in [0.2, 0.25) is 0 Å². The summed E-state index contributed by atoms with van der Waals surface area (Å²) in [6, 6.07) is 0. The molecule has 0 heterocycles. The third kappa shape index (κ3) is 3.04. The van der Waals surface area contributed by atoms with E-state index in [9.17, 15) is 19.8 Å². The molecule has 6 heteroatoms. The van der Waals surface area contributed by atoms with Crippen LogP contribution in [0.3, 0.4) is 0 Å². The fourth-order valence-corrected chi connectivity index (χ4v) is 7.92. The molecule has 0 aromatic rings. The Morgan fingerprint density at radius 2 is 1.62 bits per heavy atom. The monoisotopic (exact) mass is 408 g/mol. The van der Waals surface area contributed by atoms with E-state index in [1.165, 1.54) is 13.8 Å². The number of fused-ring (bicyclic) bond motifs is 5. The number of aliphatic hydroxyl groups is 2. The first-order valence-corrected chi connectivity index (χ1v) is 11.3. The lowest BCUT2D eigenvalue weighted by Gasteiger charge is -2.65. The molecule has 0 bridgehead atoms. The molecule has 0 radical (unpaired) electrons. The molecule has 2 N–H and O–H groups in total. The van der Waals surface area contributed by atoms with Crippen LogP contribution in [-0.4, -0.2) is 46.1 Å². The quantitative estimate of drug-likeness (QED) is 0.683. The van der Waals surface area contributed by atoms with Gasteiger partial charge in [-0.05, 0) is 62.7 Å². The highest BCUT2D eigenvalue weighted by molar-refractivity contribution is 5.66. The first kappa shape index (κ1) is 21.1. The maximum atomic E-state index is 11.7. The first-order valence-electron chi connectivity index (χ1n) is 11.3. The van der Waals surface area contributed by atoms with Crippen LogP contribution in [0.25, 0.3) is 0 Å². The van der Waals surface area contributed by atoms with Crippen molar-refractivity contribution in [3.8, 4) is 0 Å². The standard InChI is InChI=1S/C23H36O6/c1-13(24)28-15-7-10-22(4)18-8-9-21(3)17(5-6-20(21)29-14(2)25)16(18)11-19(26)23(22,27)12-15/h15-20,26-27H,5-12H2,1-4H3/t15-,16-,17-,18-,19+,20-,21+,22-,23+/m1/s1. The highest BCUT2D eigenvalue weighted by Crippen LogP contribution is 2.67. The molecule has 6 nitrogen and oxygen atoms in total. The molecule has 29 heavy (non-hydrogen) atoms. The van der Waals surface area contributed by atoms with Gasteiger partial charge in [0.25, 0.3) is 0 Å². The van der Waals surface area contributed by atoms with Gasteiger partial charge < -0.3 is 19.7 Å². The maximum Gasteiger partial charge on any atom is 0.302 e. The fourth-order valence-electron chi connectivity index (χ4n) is 7.92. The van der Waals surface area contributed by atoms with E-state index in [0.717, 1.165) is 38.5 Å². The molecule has 164 valence electrons. The van der Waals surface area contributed by atoms with Crippen molar-refractivity contribution in [1.82, 2.24) is 0 Å².